The number of carbonyl (C=O) groups excluding carboxylic acids is 1. The van der Waals surface area contributed by atoms with Gasteiger partial charge in [-0.2, -0.15) is 0 Å². The fourth-order valence-corrected chi connectivity index (χ4v) is 2.61. The van der Waals surface area contributed by atoms with Crippen LogP contribution in [0, 0.1) is 0 Å². The molecule has 0 amide bonds. The van der Waals surface area contributed by atoms with Gasteiger partial charge in [0.2, 0.25) is 0 Å². The van der Waals surface area contributed by atoms with Crippen molar-refractivity contribution in [3.8, 4) is 0 Å². The summed E-state index contributed by atoms with van der Waals surface area (Å²) in [6.07, 6.45) is 4.62. The zero-order chi connectivity index (χ0) is 19.1. The van der Waals surface area contributed by atoms with Gasteiger partial charge < -0.3 is 14.8 Å². The molecule has 1 aromatic carbocycles. The summed E-state index contributed by atoms with van der Waals surface area (Å²) in [6.45, 7) is 2.89. The number of esters is 1. The molecule has 2 aromatic heterocycles. The molecule has 1 N–H and O–H groups in total. The van der Waals surface area contributed by atoms with E-state index in [9.17, 15) is 4.79 Å². The average Bonchev–Trinajstić information content (AvgIpc) is 3.10. The summed E-state index contributed by atoms with van der Waals surface area (Å²) in [4.78, 5) is 25.4. The number of aromatic nitrogens is 4. The van der Waals surface area contributed by atoms with Crippen LogP contribution in [0.15, 0.2) is 49.2 Å². The van der Waals surface area contributed by atoms with Crippen molar-refractivity contribution in [3.05, 3.63) is 60.4 Å². The lowest BCUT2D eigenvalue weighted by Crippen LogP contribution is -2.14. The van der Waals surface area contributed by atoms with Crippen molar-refractivity contribution in [2.45, 2.75) is 20.2 Å². The first-order valence-electron chi connectivity index (χ1n) is 8.54. The predicted molar refractivity (Wildman–Crippen MR) is 100 cm³/mol. The third-order valence-corrected chi connectivity index (χ3v) is 3.82. The van der Waals surface area contributed by atoms with Gasteiger partial charge in [0.05, 0.1) is 12.9 Å². The molecule has 3 aromatic rings. The van der Waals surface area contributed by atoms with E-state index in [4.69, 9.17) is 9.47 Å². The Kier molecular flexibility index (Phi) is 6.11. The summed E-state index contributed by atoms with van der Waals surface area (Å²) in [5, 5.41) is 3.15. The van der Waals surface area contributed by atoms with E-state index in [2.05, 4.69) is 20.3 Å². The van der Waals surface area contributed by atoms with Crippen LogP contribution in [0.25, 0.3) is 16.7 Å². The van der Waals surface area contributed by atoms with Crippen molar-refractivity contribution in [1.82, 2.24) is 24.8 Å². The summed E-state index contributed by atoms with van der Waals surface area (Å²) in [7, 11) is 1.59. The predicted octanol–water partition coefficient (Wildman–Crippen LogP) is 2.12. The highest BCUT2D eigenvalue weighted by atomic mass is 16.5. The summed E-state index contributed by atoms with van der Waals surface area (Å²) in [6, 6.07) is 9.88. The van der Waals surface area contributed by atoms with Crippen molar-refractivity contribution in [2.75, 3.05) is 13.7 Å². The van der Waals surface area contributed by atoms with Crippen molar-refractivity contribution in [2.24, 2.45) is 0 Å². The van der Waals surface area contributed by atoms with Crippen LogP contribution in [0.1, 0.15) is 18.2 Å². The number of imidazole rings is 1. The van der Waals surface area contributed by atoms with Crippen LogP contribution < -0.4 is 5.32 Å². The monoisotopic (exact) mass is 367 g/mol. The maximum Gasteiger partial charge on any atom is 0.341 e. The standard InChI is InChI=1S/C19H21N5O3/c1-3-27-19(25)15(10-20-9-14-7-5-4-6-8-14)16-17-18(22-11-21-16)24(12-23-17)13-26-2/h4-8,10-12,20H,3,9,13H2,1-2H3/b15-10+. The van der Waals surface area contributed by atoms with E-state index >= 15 is 0 Å². The van der Waals surface area contributed by atoms with Gasteiger partial charge >= 0.3 is 5.97 Å². The van der Waals surface area contributed by atoms with Crippen LogP contribution in [0.4, 0.5) is 0 Å². The fourth-order valence-electron chi connectivity index (χ4n) is 2.61. The molecule has 0 spiro atoms. The Bertz CT molecular complexity index is 937. The summed E-state index contributed by atoms with van der Waals surface area (Å²) in [5.41, 5.74) is 2.89. The van der Waals surface area contributed by atoms with Gasteiger partial charge in [-0.25, -0.2) is 19.7 Å². The number of hydrogen-bond donors (Lipinski definition) is 1. The zero-order valence-corrected chi connectivity index (χ0v) is 15.3. The Morgan fingerprint density at radius 1 is 1.22 bits per heavy atom. The molecule has 2 heterocycles. The van der Waals surface area contributed by atoms with Crippen LogP contribution in [-0.2, 0) is 27.5 Å². The molecule has 0 bridgehead atoms. The largest absolute Gasteiger partial charge is 0.462 e. The molecule has 0 fully saturated rings. The molecule has 0 aliphatic carbocycles. The van der Waals surface area contributed by atoms with Gasteiger partial charge in [0, 0.05) is 19.9 Å². The minimum absolute atomic E-state index is 0.265. The summed E-state index contributed by atoms with van der Waals surface area (Å²) >= 11 is 0. The number of fused-ring (bicyclic) bond motifs is 1. The number of rotatable bonds is 8. The van der Waals surface area contributed by atoms with Crippen molar-refractivity contribution in [3.63, 3.8) is 0 Å². The van der Waals surface area contributed by atoms with E-state index in [-0.39, 0.29) is 6.61 Å². The molecule has 27 heavy (non-hydrogen) atoms. The number of nitrogens with one attached hydrogen (secondary N) is 1. The van der Waals surface area contributed by atoms with E-state index in [1.165, 1.54) is 6.33 Å². The molecule has 140 valence electrons. The molecular weight excluding hydrogens is 346 g/mol. The molecule has 0 aliphatic heterocycles. The lowest BCUT2D eigenvalue weighted by Gasteiger charge is -2.09. The van der Waals surface area contributed by atoms with Gasteiger partial charge in [0.25, 0.3) is 0 Å². The second-order valence-electron chi connectivity index (χ2n) is 5.67. The molecule has 8 heteroatoms. The normalized spacial score (nSPS) is 11.6. The summed E-state index contributed by atoms with van der Waals surface area (Å²) < 4.78 is 12.1. The number of methoxy groups -OCH3 is 1. The number of hydrogen-bond acceptors (Lipinski definition) is 7. The molecule has 8 nitrogen and oxygen atoms in total. The zero-order valence-electron chi connectivity index (χ0n) is 15.3. The second-order valence-corrected chi connectivity index (χ2v) is 5.67. The van der Waals surface area contributed by atoms with E-state index < -0.39 is 5.97 Å². The smallest absolute Gasteiger partial charge is 0.341 e. The van der Waals surface area contributed by atoms with Crippen molar-refractivity contribution in [1.29, 1.82) is 0 Å². The van der Waals surface area contributed by atoms with Gasteiger partial charge in [0.15, 0.2) is 5.65 Å². The highest BCUT2D eigenvalue weighted by Gasteiger charge is 2.20. The van der Waals surface area contributed by atoms with E-state index in [0.29, 0.717) is 35.7 Å². The number of carbonyl (C=O) groups is 1. The van der Waals surface area contributed by atoms with Crippen molar-refractivity contribution >= 4 is 22.7 Å². The molecule has 3 rings (SSSR count). The first-order valence-corrected chi connectivity index (χ1v) is 8.54. The Morgan fingerprint density at radius 3 is 2.78 bits per heavy atom. The lowest BCUT2D eigenvalue weighted by molar-refractivity contribution is -0.136. The van der Waals surface area contributed by atoms with E-state index in [1.807, 2.05) is 30.3 Å². The number of ether oxygens (including phenoxy) is 2. The van der Waals surface area contributed by atoms with Gasteiger partial charge in [-0.15, -0.1) is 0 Å². The minimum atomic E-state index is -0.473. The van der Waals surface area contributed by atoms with Crippen LogP contribution >= 0.6 is 0 Å². The molecule has 0 saturated carbocycles. The minimum Gasteiger partial charge on any atom is -0.462 e. The highest BCUT2D eigenvalue weighted by Crippen LogP contribution is 2.21. The maximum atomic E-state index is 12.5. The Morgan fingerprint density at radius 2 is 2.04 bits per heavy atom. The first kappa shape index (κ1) is 18.5. The van der Waals surface area contributed by atoms with Crippen molar-refractivity contribution < 1.29 is 14.3 Å². The Hall–Kier alpha value is -3.26. The van der Waals surface area contributed by atoms with Crippen LogP contribution in [0.3, 0.4) is 0 Å². The summed E-state index contributed by atoms with van der Waals surface area (Å²) in [5.74, 6) is -0.473. The topological polar surface area (TPSA) is 91.2 Å². The third kappa shape index (κ3) is 4.29. The van der Waals surface area contributed by atoms with Crippen LogP contribution in [0.2, 0.25) is 0 Å². The SMILES string of the molecule is CCOC(=O)/C(=C/NCc1ccccc1)c1ncnc2c1ncn2COC. The molecule has 0 aliphatic rings. The quantitative estimate of drug-likeness (QED) is 0.482. The molecular formula is C19H21N5O3. The van der Waals surface area contributed by atoms with Gasteiger partial charge in [0.1, 0.15) is 29.8 Å². The van der Waals surface area contributed by atoms with Gasteiger partial charge in [-0.05, 0) is 12.5 Å². The van der Waals surface area contributed by atoms with Gasteiger partial charge in [-0.1, -0.05) is 30.3 Å². The number of nitrogens with zero attached hydrogens (tertiary/aromatic N) is 4. The lowest BCUT2D eigenvalue weighted by atomic mass is 10.1. The first-order chi connectivity index (χ1) is 13.2. The molecule has 0 saturated heterocycles. The van der Waals surface area contributed by atoms with E-state index in [0.717, 1.165) is 5.56 Å². The average molecular weight is 367 g/mol. The second kappa shape index (κ2) is 8.91. The van der Waals surface area contributed by atoms with E-state index in [1.54, 1.807) is 31.1 Å². The molecule has 0 radical (unpaired) electrons. The van der Waals surface area contributed by atoms with Crippen LogP contribution in [-0.4, -0.2) is 39.2 Å². The van der Waals surface area contributed by atoms with Gasteiger partial charge in [-0.3, -0.25) is 4.57 Å². The van der Waals surface area contributed by atoms with Crippen LogP contribution in [0.5, 0.6) is 0 Å². The third-order valence-electron chi connectivity index (χ3n) is 3.82. The highest BCUT2D eigenvalue weighted by molar-refractivity contribution is 6.18. The number of benzene rings is 1. The fraction of sp³-hybridized carbons (Fsp3) is 0.263. The molecule has 0 unspecified atom stereocenters. The maximum absolute atomic E-state index is 12.5. The Labute approximate surface area is 156 Å². The Balaban J connectivity index is 1.94. The molecule has 0 atom stereocenters.